The minimum absolute atomic E-state index is 0.0001000. The predicted molar refractivity (Wildman–Crippen MR) is 131 cm³/mol. The molecule has 0 spiro atoms. The number of aliphatic hydroxyl groups excluding tert-OH is 1. The summed E-state index contributed by atoms with van der Waals surface area (Å²) in [7, 11) is -4.04. The van der Waals surface area contributed by atoms with Gasteiger partial charge in [0, 0.05) is 12.6 Å². The first kappa shape index (κ1) is 29.0. The van der Waals surface area contributed by atoms with Crippen molar-refractivity contribution < 1.29 is 43.2 Å². The van der Waals surface area contributed by atoms with Gasteiger partial charge in [0.15, 0.2) is 12.6 Å². The van der Waals surface area contributed by atoms with Gasteiger partial charge in [-0.15, -0.1) is 0 Å². The van der Waals surface area contributed by atoms with Crippen molar-refractivity contribution >= 4 is 25.4 Å². The SMILES string of the molecule is CCOC(=O)[C@@H](C)c1ccc([C@@H](O)P(=O)(O)CCCC(=O)OCNC(=O)OCc2ccccc2)cc1. The van der Waals surface area contributed by atoms with Crippen LogP contribution in [0, 0.1) is 0 Å². The van der Waals surface area contributed by atoms with Gasteiger partial charge in [0.1, 0.15) is 6.61 Å². The molecule has 0 bridgehead atoms. The summed E-state index contributed by atoms with van der Waals surface area (Å²) in [5.41, 5.74) is 1.68. The monoisotopic (exact) mass is 521 g/mol. The lowest BCUT2D eigenvalue weighted by Gasteiger charge is -2.19. The van der Waals surface area contributed by atoms with Crippen LogP contribution in [-0.2, 0) is 35.0 Å². The standard InChI is InChI=1S/C25H32NO9P/c1-3-33-23(28)18(2)20-11-13-21(14-12-20)24(29)36(31,32)15-7-10-22(27)35-17-26-25(30)34-16-19-8-5-4-6-9-19/h4-6,8-9,11-14,18,24,29H,3,7,10,15-17H2,1-2H3,(H,26,30)(H,31,32)/t18-,24-/m0/s1. The van der Waals surface area contributed by atoms with E-state index in [2.05, 4.69) is 5.32 Å². The number of rotatable bonds is 13. The minimum Gasteiger partial charge on any atom is -0.466 e. The van der Waals surface area contributed by atoms with Crippen molar-refractivity contribution in [1.29, 1.82) is 0 Å². The van der Waals surface area contributed by atoms with E-state index in [-0.39, 0.29) is 43.8 Å². The third kappa shape index (κ3) is 9.45. The van der Waals surface area contributed by atoms with Crippen molar-refractivity contribution in [1.82, 2.24) is 5.32 Å². The molecule has 3 N–H and O–H groups in total. The molecule has 0 aliphatic heterocycles. The van der Waals surface area contributed by atoms with Crippen LogP contribution in [0.25, 0.3) is 0 Å². The lowest BCUT2D eigenvalue weighted by Crippen LogP contribution is -2.28. The molecule has 0 radical (unpaired) electrons. The van der Waals surface area contributed by atoms with Gasteiger partial charge in [-0.1, -0.05) is 54.6 Å². The van der Waals surface area contributed by atoms with Crippen molar-refractivity contribution in [3.63, 3.8) is 0 Å². The van der Waals surface area contributed by atoms with E-state index in [0.29, 0.717) is 5.56 Å². The molecule has 10 nitrogen and oxygen atoms in total. The summed E-state index contributed by atoms with van der Waals surface area (Å²) in [4.78, 5) is 45.6. The van der Waals surface area contributed by atoms with Gasteiger partial charge in [-0.05, 0) is 37.0 Å². The smallest absolute Gasteiger partial charge is 0.410 e. The molecule has 36 heavy (non-hydrogen) atoms. The molecule has 3 atom stereocenters. The Labute approximate surface area is 210 Å². The van der Waals surface area contributed by atoms with Gasteiger partial charge in [-0.3, -0.25) is 19.5 Å². The molecule has 1 unspecified atom stereocenters. The normalized spacial score (nSPS) is 14.1. The van der Waals surface area contributed by atoms with Crippen LogP contribution in [0.2, 0.25) is 0 Å². The molecular formula is C25H32NO9P. The van der Waals surface area contributed by atoms with Crippen molar-refractivity contribution in [3.8, 4) is 0 Å². The van der Waals surface area contributed by atoms with E-state index in [1.807, 2.05) is 18.2 Å². The van der Waals surface area contributed by atoms with E-state index in [1.54, 1.807) is 38.1 Å². The first-order valence-corrected chi connectivity index (χ1v) is 13.4. The molecule has 0 saturated heterocycles. The maximum absolute atomic E-state index is 12.6. The Morgan fingerprint density at radius 3 is 2.25 bits per heavy atom. The summed E-state index contributed by atoms with van der Waals surface area (Å²) >= 11 is 0. The van der Waals surface area contributed by atoms with Gasteiger partial charge in [-0.2, -0.15) is 0 Å². The lowest BCUT2D eigenvalue weighted by atomic mass is 10.0. The topological polar surface area (TPSA) is 148 Å². The summed E-state index contributed by atoms with van der Waals surface area (Å²) in [6, 6.07) is 15.2. The number of carbonyl (C=O) groups excluding carboxylic acids is 3. The summed E-state index contributed by atoms with van der Waals surface area (Å²) < 4.78 is 27.4. The molecule has 196 valence electrons. The number of ether oxygens (including phenoxy) is 3. The fourth-order valence-electron chi connectivity index (χ4n) is 3.19. The summed E-state index contributed by atoms with van der Waals surface area (Å²) in [5.74, 6) is -3.21. The Kier molecular flexibility index (Phi) is 11.6. The lowest BCUT2D eigenvalue weighted by molar-refractivity contribution is -0.145. The highest BCUT2D eigenvalue weighted by molar-refractivity contribution is 7.58. The van der Waals surface area contributed by atoms with Gasteiger partial charge in [-0.25, -0.2) is 4.79 Å². The molecule has 1 amide bonds. The van der Waals surface area contributed by atoms with E-state index in [4.69, 9.17) is 14.2 Å². The second-order valence-corrected chi connectivity index (χ2v) is 10.4. The highest BCUT2D eigenvalue weighted by Crippen LogP contribution is 2.54. The number of benzene rings is 2. The third-order valence-electron chi connectivity index (χ3n) is 5.28. The Bertz CT molecular complexity index is 1040. The van der Waals surface area contributed by atoms with Crippen LogP contribution >= 0.6 is 7.37 Å². The summed E-state index contributed by atoms with van der Waals surface area (Å²) in [6.45, 7) is 3.33. The molecule has 0 aliphatic rings. The average molecular weight is 522 g/mol. The van der Waals surface area contributed by atoms with Gasteiger partial charge in [0.05, 0.1) is 12.5 Å². The number of nitrogens with one attached hydrogen (secondary N) is 1. The molecule has 2 aromatic rings. The fraction of sp³-hybridized carbons (Fsp3) is 0.400. The predicted octanol–water partition coefficient (Wildman–Crippen LogP) is 3.82. The molecule has 0 heterocycles. The third-order valence-corrected chi connectivity index (χ3v) is 7.30. The van der Waals surface area contributed by atoms with Crippen molar-refractivity contribution in [2.45, 2.75) is 45.1 Å². The number of hydrogen-bond donors (Lipinski definition) is 3. The first-order valence-electron chi connectivity index (χ1n) is 11.5. The van der Waals surface area contributed by atoms with Crippen LogP contribution < -0.4 is 5.32 Å². The summed E-state index contributed by atoms with van der Waals surface area (Å²) in [5, 5.41) is 12.7. The molecule has 11 heteroatoms. The van der Waals surface area contributed by atoms with E-state index < -0.39 is 37.9 Å². The second-order valence-electron chi connectivity index (χ2n) is 8.00. The minimum atomic E-state index is -4.04. The number of alkyl carbamates (subject to hydrolysis) is 1. The highest BCUT2D eigenvalue weighted by Gasteiger charge is 2.30. The Morgan fingerprint density at radius 2 is 1.61 bits per heavy atom. The maximum atomic E-state index is 12.6. The van der Waals surface area contributed by atoms with Crippen molar-refractivity contribution in [2.75, 3.05) is 19.5 Å². The largest absolute Gasteiger partial charge is 0.466 e. The number of aliphatic hydroxyl groups is 1. The van der Waals surface area contributed by atoms with E-state index in [9.17, 15) is 28.9 Å². The van der Waals surface area contributed by atoms with Gasteiger partial charge >= 0.3 is 18.0 Å². The van der Waals surface area contributed by atoms with Crippen LogP contribution in [0.4, 0.5) is 4.79 Å². The molecule has 0 aliphatic carbocycles. The zero-order chi connectivity index (χ0) is 26.6. The zero-order valence-corrected chi connectivity index (χ0v) is 21.2. The average Bonchev–Trinajstić information content (AvgIpc) is 2.87. The first-order chi connectivity index (χ1) is 17.1. The van der Waals surface area contributed by atoms with Crippen molar-refractivity contribution in [2.24, 2.45) is 0 Å². The van der Waals surface area contributed by atoms with E-state index in [1.165, 1.54) is 12.1 Å². The van der Waals surface area contributed by atoms with Crippen LogP contribution in [0.3, 0.4) is 0 Å². The molecule has 0 aromatic heterocycles. The fourth-order valence-corrected chi connectivity index (χ4v) is 4.68. The quantitative estimate of drug-likeness (QED) is 0.155. The summed E-state index contributed by atoms with van der Waals surface area (Å²) in [6.07, 6.45) is -1.23. The van der Waals surface area contributed by atoms with Crippen molar-refractivity contribution in [3.05, 3.63) is 71.3 Å². The van der Waals surface area contributed by atoms with Crippen LogP contribution in [0.1, 0.15) is 55.1 Å². The van der Waals surface area contributed by atoms with Crippen LogP contribution in [-0.4, -0.2) is 47.5 Å². The number of hydrogen-bond acceptors (Lipinski definition) is 8. The molecule has 0 saturated carbocycles. The van der Waals surface area contributed by atoms with Crippen LogP contribution in [0.15, 0.2) is 54.6 Å². The molecule has 2 rings (SSSR count). The highest BCUT2D eigenvalue weighted by atomic mass is 31.2. The Balaban J connectivity index is 1.71. The molecular weight excluding hydrogens is 489 g/mol. The molecule has 2 aromatic carbocycles. The van der Waals surface area contributed by atoms with E-state index >= 15 is 0 Å². The number of esters is 2. The molecule has 0 fully saturated rings. The van der Waals surface area contributed by atoms with Crippen LogP contribution in [0.5, 0.6) is 0 Å². The zero-order valence-electron chi connectivity index (χ0n) is 20.3. The Morgan fingerprint density at radius 1 is 0.972 bits per heavy atom. The maximum Gasteiger partial charge on any atom is 0.410 e. The second kappa shape index (κ2) is 14.4. The Hall–Kier alpha value is -3.20. The van der Waals surface area contributed by atoms with Gasteiger partial charge in [0.25, 0.3) is 0 Å². The number of carbonyl (C=O) groups is 3. The van der Waals surface area contributed by atoms with E-state index in [0.717, 1.165) is 5.56 Å². The number of amides is 1. The van der Waals surface area contributed by atoms with Gasteiger partial charge < -0.3 is 24.2 Å². The van der Waals surface area contributed by atoms with Gasteiger partial charge in [0.2, 0.25) is 7.37 Å².